The minimum atomic E-state index is 0.0753. The van der Waals surface area contributed by atoms with E-state index in [9.17, 15) is 4.79 Å². The summed E-state index contributed by atoms with van der Waals surface area (Å²) in [7, 11) is 1.66. The summed E-state index contributed by atoms with van der Waals surface area (Å²) in [5.41, 5.74) is 1.82. The number of hydrogen-bond donors (Lipinski definition) is 0. The number of halogens is 1. The Bertz CT molecular complexity index is 444. The summed E-state index contributed by atoms with van der Waals surface area (Å²) in [6.07, 6.45) is 1.91. The maximum Gasteiger partial charge on any atom is 0.255 e. The van der Waals surface area contributed by atoms with Gasteiger partial charge in [0.25, 0.3) is 5.91 Å². The molecule has 0 unspecified atom stereocenters. The molecule has 3 nitrogen and oxygen atoms in total. The van der Waals surface area contributed by atoms with Crippen molar-refractivity contribution in [3.8, 4) is 0 Å². The zero-order valence-corrected chi connectivity index (χ0v) is 14.4. The van der Waals surface area contributed by atoms with E-state index >= 15 is 0 Å². The lowest BCUT2D eigenvalue weighted by Gasteiger charge is -2.31. The summed E-state index contributed by atoms with van der Waals surface area (Å²) in [5.74, 6) is 0.0753. The fourth-order valence-electron chi connectivity index (χ4n) is 2.33. The van der Waals surface area contributed by atoms with Crippen LogP contribution in [-0.4, -0.2) is 37.1 Å². The van der Waals surface area contributed by atoms with Crippen LogP contribution in [0.3, 0.4) is 0 Å². The van der Waals surface area contributed by atoms with Crippen LogP contribution in [0.2, 0.25) is 0 Å². The van der Waals surface area contributed by atoms with Crippen molar-refractivity contribution in [1.82, 2.24) is 4.90 Å². The topological polar surface area (TPSA) is 29.5 Å². The summed E-state index contributed by atoms with van der Waals surface area (Å²) in [6, 6.07) is 6.13. The molecule has 0 spiro atoms. The van der Waals surface area contributed by atoms with Gasteiger partial charge in [0.05, 0.1) is 12.2 Å². The highest BCUT2D eigenvalue weighted by Gasteiger charge is 2.23. The van der Waals surface area contributed by atoms with Gasteiger partial charge in [0.15, 0.2) is 0 Å². The predicted octanol–water partition coefficient (Wildman–Crippen LogP) is 4.03. The monoisotopic (exact) mass is 341 g/mol. The Labute approximate surface area is 130 Å². The Morgan fingerprint density at radius 1 is 1.35 bits per heavy atom. The first-order chi connectivity index (χ1) is 9.54. The van der Waals surface area contributed by atoms with E-state index in [-0.39, 0.29) is 11.9 Å². The second-order valence-electron chi connectivity index (χ2n) is 4.94. The van der Waals surface area contributed by atoms with Crippen molar-refractivity contribution in [3.63, 3.8) is 0 Å². The molecule has 1 aromatic rings. The Kier molecular flexibility index (Phi) is 7.24. The van der Waals surface area contributed by atoms with Crippen LogP contribution < -0.4 is 0 Å². The van der Waals surface area contributed by atoms with Gasteiger partial charge < -0.3 is 9.64 Å². The first-order valence-corrected chi connectivity index (χ1v) is 7.90. The average molecular weight is 342 g/mol. The number of aryl methyl sites for hydroxylation is 1. The highest BCUT2D eigenvalue weighted by molar-refractivity contribution is 9.10. The van der Waals surface area contributed by atoms with E-state index < -0.39 is 0 Å². The van der Waals surface area contributed by atoms with E-state index in [1.165, 1.54) is 0 Å². The van der Waals surface area contributed by atoms with Gasteiger partial charge in [-0.25, -0.2) is 0 Å². The lowest BCUT2D eigenvalue weighted by atomic mass is 10.1. The van der Waals surface area contributed by atoms with Gasteiger partial charge in [-0.1, -0.05) is 25.5 Å². The molecule has 112 valence electrons. The first kappa shape index (κ1) is 17.2. The second kappa shape index (κ2) is 8.42. The molecule has 1 amide bonds. The molecule has 0 atom stereocenters. The minimum absolute atomic E-state index is 0.0753. The SMILES string of the molecule is CCC(CC)N(CCOC)C(=O)c1cc(C)ccc1Br. The van der Waals surface area contributed by atoms with E-state index in [0.717, 1.165) is 28.4 Å². The van der Waals surface area contributed by atoms with Gasteiger partial charge in [0.1, 0.15) is 0 Å². The molecule has 0 aliphatic rings. The van der Waals surface area contributed by atoms with E-state index in [1.807, 2.05) is 30.0 Å². The van der Waals surface area contributed by atoms with E-state index in [4.69, 9.17) is 4.74 Å². The van der Waals surface area contributed by atoms with E-state index in [2.05, 4.69) is 29.8 Å². The van der Waals surface area contributed by atoms with Gasteiger partial charge in [0, 0.05) is 24.2 Å². The largest absolute Gasteiger partial charge is 0.383 e. The third-order valence-corrected chi connectivity index (χ3v) is 4.22. The molecule has 0 aromatic heterocycles. The third kappa shape index (κ3) is 4.32. The third-order valence-electron chi connectivity index (χ3n) is 3.53. The Morgan fingerprint density at radius 2 is 2.00 bits per heavy atom. The van der Waals surface area contributed by atoms with Crippen molar-refractivity contribution in [2.24, 2.45) is 0 Å². The lowest BCUT2D eigenvalue weighted by Crippen LogP contribution is -2.42. The first-order valence-electron chi connectivity index (χ1n) is 7.11. The Morgan fingerprint density at radius 3 is 2.55 bits per heavy atom. The van der Waals surface area contributed by atoms with Gasteiger partial charge >= 0.3 is 0 Å². The maximum atomic E-state index is 12.8. The molecular weight excluding hydrogens is 318 g/mol. The highest BCUT2D eigenvalue weighted by Crippen LogP contribution is 2.22. The fraction of sp³-hybridized carbons (Fsp3) is 0.562. The molecule has 0 saturated carbocycles. The van der Waals surface area contributed by atoms with Gasteiger partial charge in [-0.2, -0.15) is 0 Å². The van der Waals surface area contributed by atoms with Gasteiger partial charge in [-0.15, -0.1) is 0 Å². The van der Waals surface area contributed by atoms with Crippen molar-refractivity contribution in [2.75, 3.05) is 20.3 Å². The van der Waals surface area contributed by atoms with Crippen LogP contribution in [0.1, 0.15) is 42.6 Å². The van der Waals surface area contributed by atoms with Crippen LogP contribution in [0.4, 0.5) is 0 Å². The zero-order valence-electron chi connectivity index (χ0n) is 12.8. The molecule has 0 bridgehead atoms. The summed E-state index contributed by atoms with van der Waals surface area (Å²) in [6.45, 7) is 7.42. The molecule has 0 fully saturated rings. The number of ether oxygens (including phenoxy) is 1. The number of rotatable bonds is 7. The van der Waals surface area contributed by atoms with Crippen LogP contribution in [0.15, 0.2) is 22.7 Å². The van der Waals surface area contributed by atoms with Crippen LogP contribution in [0, 0.1) is 6.92 Å². The fourth-order valence-corrected chi connectivity index (χ4v) is 2.74. The Hall–Kier alpha value is -0.870. The zero-order chi connectivity index (χ0) is 15.1. The summed E-state index contributed by atoms with van der Waals surface area (Å²) >= 11 is 3.48. The number of hydrogen-bond acceptors (Lipinski definition) is 2. The van der Waals surface area contributed by atoms with Crippen molar-refractivity contribution in [1.29, 1.82) is 0 Å². The standard InChI is InChI=1S/C16H24BrNO2/c1-5-13(6-2)18(9-10-20-4)16(19)14-11-12(3)7-8-15(14)17/h7-8,11,13H,5-6,9-10H2,1-4H3. The molecule has 0 N–H and O–H groups in total. The van der Waals surface area contributed by atoms with Gasteiger partial charge in [-0.3, -0.25) is 4.79 Å². The second-order valence-corrected chi connectivity index (χ2v) is 5.80. The van der Waals surface area contributed by atoms with Crippen LogP contribution in [0.25, 0.3) is 0 Å². The predicted molar refractivity (Wildman–Crippen MR) is 86.2 cm³/mol. The van der Waals surface area contributed by atoms with Crippen LogP contribution in [-0.2, 0) is 4.74 Å². The molecule has 1 aromatic carbocycles. The van der Waals surface area contributed by atoms with Gasteiger partial charge in [0.2, 0.25) is 0 Å². The number of methoxy groups -OCH3 is 1. The molecule has 0 heterocycles. The molecule has 1 rings (SSSR count). The number of benzene rings is 1. The van der Waals surface area contributed by atoms with Crippen molar-refractivity contribution >= 4 is 21.8 Å². The average Bonchev–Trinajstić information content (AvgIpc) is 2.45. The Balaban J connectivity index is 3.05. The van der Waals surface area contributed by atoms with Crippen LogP contribution in [0.5, 0.6) is 0 Å². The lowest BCUT2D eigenvalue weighted by molar-refractivity contribution is 0.0588. The number of amides is 1. The van der Waals surface area contributed by atoms with E-state index in [0.29, 0.717) is 13.2 Å². The normalized spacial score (nSPS) is 10.9. The summed E-state index contributed by atoms with van der Waals surface area (Å²) in [4.78, 5) is 14.8. The smallest absolute Gasteiger partial charge is 0.255 e. The number of carbonyl (C=O) groups excluding carboxylic acids is 1. The van der Waals surface area contributed by atoms with Gasteiger partial charge in [-0.05, 0) is 47.8 Å². The summed E-state index contributed by atoms with van der Waals surface area (Å²) in [5, 5.41) is 0. The number of carbonyl (C=O) groups is 1. The highest BCUT2D eigenvalue weighted by atomic mass is 79.9. The van der Waals surface area contributed by atoms with Crippen molar-refractivity contribution < 1.29 is 9.53 Å². The van der Waals surface area contributed by atoms with Crippen molar-refractivity contribution in [3.05, 3.63) is 33.8 Å². The van der Waals surface area contributed by atoms with Crippen molar-refractivity contribution in [2.45, 2.75) is 39.7 Å². The maximum absolute atomic E-state index is 12.8. The summed E-state index contributed by atoms with van der Waals surface area (Å²) < 4.78 is 5.99. The molecule has 0 aliphatic heterocycles. The molecule has 4 heteroatoms. The number of nitrogens with zero attached hydrogens (tertiary/aromatic N) is 1. The molecule has 0 saturated heterocycles. The molecule has 20 heavy (non-hydrogen) atoms. The molecule has 0 aliphatic carbocycles. The minimum Gasteiger partial charge on any atom is -0.383 e. The van der Waals surface area contributed by atoms with Crippen LogP contribution >= 0.6 is 15.9 Å². The molecular formula is C16H24BrNO2. The molecule has 0 radical (unpaired) electrons. The quantitative estimate of drug-likeness (QED) is 0.749. The van der Waals surface area contributed by atoms with E-state index in [1.54, 1.807) is 7.11 Å².